The molecule has 0 heteroatoms. The van der Waals surface area contributed by atoms with E-state index in [9.17, 15) is 0 Å². The summed E-state index contributed by atoms with van der Waals surface area (Å²) in [5.41, 5.74) is 4.57. The highest BCUT2D eigenvalue weighted by Crippen LogP contribution is 2.40. The molecule has 0 nitrogen and oxygen atoms in total. The van der Waals surface area contributed by atoms with E-state index in [4.69, 9.17) is 0 Å². The molecule has 0 unspecified atom stereocenters. The van der Waals surface area contributed by atoms with E-state index in [1.807, 2.05) is 0 Å². The van der Waals surface area contributed by atoms with Crippen molar-refractivity contribution >= 4 is 32.3 Å². The molecule has 0 aromatic heterocycles. The summed E-state index contributed by atoms with van der Waals surface area (Å²) in [5.74, 6) is 0. The molecule has 0 heterocycles. The van der Waals surface area contributed by atoms with Crippen molar-refractivity contribution in [3.8, 4) is 0 Å². The summed E-state index contributed by atoms with van der Waals surface area (Å²) in [6.45, 7) is 2.24. The van der Waals surface area contributed by atoms with Gasteiger partial charge in [-0.3, -0.25) is 0 Å². The molecular formula is C22H20. The average Bonchev–Trinajstić information content (AvgIpc) is 2.97. The highest BCUT2D eigenvalue weighted by molar-refractivity contribution is 6.15. The summed E-state index contributed by atoms with van der Waals surface area (Å²) in [5, 5.41) is 8.51. The molecule has 0 spiro atoms. The first kappa shape index (κ1) is 13.3. The van der Waals surface area contributed by atoms with Gasteiger partial charge in [-0.15, -0.1) is 0 Å². The minimum atomic E-state index is 0. The molecule has 22 heavy (non-hydrogen) atoms. The second kappa shape index (κ2) is 4.58. The normalized spacial score (nSPS) is 13.0. The predicted octanol–water partition coefficient (Wildman–Crippen LogP) is 6.19. The summed E-state index contributed by atoms with van der Waals surface area (Å²) in [6, 6.07) is 20.3. The van der Waals surface area contributed by atoms with Crippen LogP contribution >= 0.6 is 0 Å². The molecule has 4 aromatic carbocycles. The van der Waals surface area contributed by atoms with E-state index < -0.39 is 0 Å². The van der Waals surface area contributed by atoms with E-state index in [2.05, 4.69) is 61.5 Å². The van der Waals surface area contributed by atoms with Crippen LogP contribution in [-0.4, -0.2) is 0 Å². The van der Waals surface area contributed by atoms with Crippen LogP contribution in [0.2, 0.25) is 0 Å². The Labute approximate surface area is 131 Å². The molecule has 0 radical (unpaired) electrons. The lowest BCUT2D eigenvalue weighted by Gasteiger charge is -2.11. The predicted molar refractivity (Wildman–Crippen MR) is 97.8 cm³/mol. The van der Waals surface area contributed by atoms with Crippen LogP contribution in [0.15, 0.2) is 54.6 Å². The van der Waals surface area contributed by atoms with E-state index >= 15 is 0 Å². The molecule has 0 atom stereocenters. The lowest BCUT2D eigenvalue weighted by molar-refractivity contribution is 1.02. The largest absolute Gasteiger partial charge is 0.0776 e. The van der Waals surface area contributed by atoms with E-state index in [0.717, 1.165) is 0 Å². The standard InChI is InChI=1S/C21H16.CH4/c1-13-6-7-15-12-20-17-5-3-2-4-14(17)8-9-18(20)19-11-10-16(13)21(15)19;/h2-9,12H,10-11H2,1H3;1H4. The maximum Gasteiger partial charge on any atom is -0.00962 e. The summed E-state index contributed by atoms with van der Waals surface area (Å²) in [4.78, 5) is 0. The fourth-order valence-corrected chi connectivity index (χ4v) is 4.08. The van der Waals surface area contributed by atoms with Crippen molar-refractivity contribution in [2.24, 2.45) is 0 Å². The third-order valence-corrected chi connectivity index (χ3v) is 5.10. The maximum atomic E-state index is 2.39. The first-order valence-electron chi connectivity index (χ1n) is 7.68. The SMILES string of the molecule is C.Cc1ccc2cc3c(ccc4ccccc43)c3c2c1CC3. The monoisotopic (exact) mass is 284 g/mol. The number of fused-ring (bicyclic) bond motifs is 4. The molecule has 0 amide bonds. The third-order valence-electron chi connectivity index (χ3n) is 5.10. The molecule has 1 aliphatic rings. The fourth-order valence-electron chi connectivity index (χ4n) is 4.08. The van der Waals surface area contributed by atoms with Gasteiger partial charge in [0.1, 0.15) is 0 Å². The van der Waals surface area contributed by atoms with E-state index in [1.165, 1.54) is 50.7 Å². The minimum Gasteiger partial charge on any atom is -0.0776 e. The third kappa shape index (κ3) is 1.58. The van der Waals surface area contributed by atoms with E-state index in [-0.39, 0.29) is 7.43 Å². The molecule has 0 fully saturated rings. The van der Waals surface area contributed by atoms with Crippen molar-refractivity contribution in [2.75, 3.05) is 0 Å². The molecule has 0 N–H and O–H groups in total. The van der Waals surface area contributed by atoms with Gasteiger partial charge in [-0.05, 0) is 74.8 Å². The highest BCUT2D eigenvalue weighted by Gasteiger charge is 2.19. The van der Waals surface area contributed by atoms with Crippen LogP contribution in [0.1, 0.15) is 24.1 Å². The Hall–Kier alpha value is -2.34. The van der Waals surface area contributed by atoms with Gasteiger partial charge in [0.25, 0.3) is 0 Å². The van der Waals surface area contributed by atoms with Crippen LogP contribution in [0.25, 0.3) is 32.3 Å². The van der Waals surface area contributed by atoms with Crippen LogP contribution in [0.5, 0.6) is 0 Å². The lowest BCUT2D eigenvalue weighted by Crippen LogP contribution is -1.86. The van der Waals surface area contributed by atoms with Gasteiger partial charge in [0.05, 0.1) is 0 Å². The zero-order chi connectivity index (χ0) is 14.0. The Morgan fingerprint density at radius 2 is 1.45 bits per heavy atom. The zero-order valence-electron chi connectivity index (χ0n) is 12.1. The van der Waals surface area contributed by atoms with Gasteiger partial charge in [-0.2, -0.15) is 0 Å². The molecule has 0 saturated carbocycles. The first-order valence-corrected chi connectivity index (χ1v) is 7.68. The van der Waals surface area contributed by atoms with E-state index in [1.54, 1.807) is 11.1 Å². The molecule has 4 aromatic rings. The quantitative estimate of drug-likeness (QED) is 0.267. The van der Waals surface area contributed by atoms with Gasteiger partial charge in [-0.1, -0.05) is 56.0 Å². The second-order valence-electron chi connectivity index (χ2n) is 6.20. The summed E-state index contributed by atoms with van der Waals surface area (Å²) in [7, 11) is 0. The van der Waals surface area contributed by atoms with Crippen LogP contribution in [-0.2, 0) is 12.8 Å². The van der Waals surface area contributed by atoms with Gasteiger partial charge < -0.3 is 0 Å². The number of aryl methyl sites for hydroxylation is 3. The maximum absolute atomic E-state index is 2.39. The number of hydrogen-bond donors (Lipinski definition) is 0. The van der Waals surface area contributed by atoms with Gasteiger partial charge in [-0.25, -0.2) is 0 Å². The number of hydrogen-bond acceptors (Lipinski definition) is 0. The number of rotatable bonds is 0. The van der Waals surface area contributed by atoms with Crippen LogP contribution in [0.3, 0.4) is 0 Å². The Morgan fingerprint density at radius 3 is 2.36 bits per heavy atom. The lowest BCUT2D eigenvalue weighted by atomic mass is 9.93. The summed E-state index contributed by atoms with van der Waals surface area (Å²) in [6.07, 6.45) is 2.39. The van der Waals surface area contributed by atoms with Gasteiger partial charge in [0, 0.05) is 0 Å². The molecular weight excluding hydrogens is 264 g/mol. The topological polar surface area (TPSA) is 0 Å². The Balaban J connectivity index is 0.00000125. The van der Waals surface area contributed by atoms with Crippen molar-refractivity contribution < 1.29 is 0 Å². The molecule has 5 rings (SSSR count). The minimum absolute atomic E-state index is 0. The Morgan fingerprint density at radius 1 is 0.682 bits per heavy atom. The van der Waals surface area contributed by atoms with Gasteiger partial charge in [0.15, 0.2) is 0 Å². The zero-order valence-corrected chi connectivity index (χ0v) is 12.1. The highest BCUT2D eigenvalue weighted by atomic mass is 14.2. The van der Waals surface area contributed by atoms with E-state index in [0.29, 0.717) is 0 Å². The van der Waals surface area contributed by atoms with Crippen molar-refractivity contribution in [2.45, 2.75) is 27.2 Å². The molecule has 0 aliphatic heterocycles. The van der Waals surface area contributed by atoms with Crippen molar-refractivity contribution in [3.63, 3.8) is 0 Å². The van der Waals surface area contributed by atoms with Crippen LogP contribution in [0.4, 0.5) is 0 Å². The molecule has 1 aliphatic carbocycles. The smallest absolute Gasteiger partial charge is 0.00962 e. The summed E-state index contributed by atoms with van der Waals surface area (Å²) < 4.78 is 0. The van der Waals surface area contributed by atoms with Gasteiger partial charge in [0.2, 0.25) is 0 Å². The Bertz CT molecular complexity index is 1040. The summed E-state index contributed by atoms with van der Waals surface area (Å²) >= 11 is 0. The van der Waals surface area contributed by atoms with Crippen LogP contribution in [0, 0.1) is 6.92 Å². The molecule has 108 valence electrons. The molecule has 0 bridgehead atoms. The van der Waals surface area contributed by atoms with Crippen molar-refractivity contribution in [3.05, 3.63) is 71.3 Å². The first-order chi connectivity index (χ1) is 10.3. The van der Waals surface area contributed by atoms with Gasteiger partial charge >= 0.3 is 0 Å². The fraction of sp³-hybridized carbons (Fsp3) is 0.182. The average molecular weight is 284 g/mol. The van der Waals surface area contributed by atoms with Crippen molar-refractivity contribution in [1.82, 2.24) is 0 Å². The second-order valence-corrected chi connectivity index (χ2v) is 6.20. The molecule has 0 saturated heterocycles. The Kier molecular flexibility index (Phi) is 2.77. The van der Waals surface area contributed by atoms with Crippen LogP contribution < -0.4 is 0 Å². The number of benzene rings is 4. The van der Waals surface area contributed by atoms with Crippen molar-refractivity contribution in [1.29, 1.82) is 0 Å².